The zero-order valence-electron chi connectivity index (χ0n) is 34.4. The van der Waals surface area contributed by atoms with Crippen LogP contribution in [0.25, 0.3) is 0 Å². The molecule has 0 bridgehead atoms. The summed E-state index contributed by atoms with van der Waals surface area (Å²) >= 11 is 0. The molecule has 6 rings (SSSR count). The maximum atomic E-state index is 13.9. The van der Waals surface area contributed by atoms with E-state index in [1.807, 2.05) is 49.1 Å². The molecule has 0 unspecified atom stereocenters. The van der Waals surface area contributed by atoms with Gasteiger partial charge in [0.15, 0.2) is 23.0 Å². The number of aromatic nitrogens is 2. The van der Waals surface area contributed by atoms with E-state index in [0.29, 0.717) is 85.9 Å². The standard InChI is InChI=1S/C43H55N7O8/c1-29-9-7-10-30(2)39(29)46-41(52)33-28-44-43(45-32-26-36(54-5)40(55-6)37(27-32)57-22-8-15-49-18-16-48(3)17-19-49)47-42(33)58-34-13-11-31(25-35(34)53-4)12-14-38(51)50-20-23-56-24-21-50/h7,9-11,13,25-28H,8,12,14-24H2,1-6H3,(H,46,52)(H,44,45,47). The molecule has 0 spiro atoms. The van der Waals surface area contributed by atoms with E-state index in [2.05, 4.69) is 32.5 Å². The lowest BCUT2D eigenvalue weighted by Gasteiger charge is -2.32. The summed E-state index contributed by atoms with van der Waals surface area (Å²) in [6.45, 7) is 11.8. The molecular formula is C43H55N7O8. The Morgan fingerprint density at radius 2 is 1.57 bits per heavy atom. The summed E-state index contributed by atoms with van der Waals surface area (Å²) in [5, 5.41) is 6.25. The molecule has 2 aliphatic rings. The zero-order valence-corrected chi connectivity index (χ0v) is 34.4. The number of ether oxygens (including phenoxy) is 6. The van der Waals surface area contributed by atoms with Crippen molar-refractivity contribution in [1.29, 1.82) is 0 Å². The highest BCUT2D eigenvalue weighted by Crippen LogP contribution is 2.41. The number of benzene rings is 3. The first-order valence-electron chi connectivity index (χ1n) is 19.7. The van der Waals surface area contributed by atoms with Gasteiger partial charge in [-0.15, -0.1) is 0 Å². The first-order valence-corrected chi connectivity index (χ1v) is 19.7. The minimum atomic E-state index is -0.450. The Kier molecular flexibility index (Phi) is 14.6. The van der Waals surface area contributed by atoms with Crippen molar-refractivity contribution in [3.8, 4) is 34.6 Å². The number of amides is 2. The van der Waals surface area contributed by atoms with Gasteiger partial charge >= 0.3 is 0 Å². The first kappa shape index (κ1) is 42.0. The van der Waals surface area contributed by atoms with Crippen LogP contribution in [0.15, 0.2) is 54.7 Å². The molecule has 58 heavy (non-hydrogen) atoms. The molecule has 2 saturated heterocycles. The number of nitrogens with zero attached hydrogens (tertiary/aromatic N) is 5. The Bertz CT molecular complexity index is 2010. The summed E-state index contributed by atoms with van der Waals surface area (Å²) in [4.78, 5) is 42.6. The number of carbonyl (C=O) groups excluding carboxylic acids is 2. The van der Waals surface area contributed by atoms with Crippen LogP contribution in [0, 0.1) is 13.8 Å². The fraction of sp³-hybridized carbons (Fsp3) is 0.442. The largest absolute Gasteiger partial charge is 0.493 e. The van der Waals surface area contributed by atoms with Crippen LogP contribution in [0.5, 0.6) is 34.6 Å². The van der Waals surface area contributed by atoms with Crippen LogP contribution in [0.1, 0.15) is 39.9 Å². The molecule has 2 amide bonds. The van der Waals surface area contributed by atoms with Crippen molar-refractivity contribution >= 4 is 29.1 Å². The number of carbonyl (C=O) groups is 2. The van der Waals surface area contributed by atoms with E-state index in [9.17, 15) is 9.59 Å². The quantitative estimate of drug-likeness (QED) is 0.126. The van der Waals surface area contributed by atoms with Gasteiger partial charge in [-0.2, -0.15) is 4.98 Å². The topological polar surface area (TPSA) is 149 Å². The third kappa shape index (κ3) is 10.8. The molecular weight excluding hydrogens is 743 g/mol. The number of hydrogen-bond acceptors (Lipinski definition) is 13. The Morgan fingerprint density at radius 3 is 2.28 bits per heavy atom. The average Bonchev–Trinajstić information content (AvgIpc) is 3.24. The van der Waals surface area contributed by atoms with Crippen molar-refractivity contribution in [3.05, 3.63) is 77.0 Å². The second kappa shape index (κ2) is 20.2. The number of nitrogens with one attached hydrogen (secondary N) is 2. The van der Waals surface area contributed by atoms with Crippen molar-refractivity contribution in [2.75, 3.05) is 105 Å². The highest BCUT2D eigenvalue weighted by molar-refractivity contribution is 6.06. The van der Waals surface area contributed by atoms with Crippen molar-refractivity contribution in [2.45, 2.75) is 33.1 Å². The molecule has 3 aromatic carbocycles. The van der Waals surface area contributed by atoms with E-state index in [1.165, 1.54) is 13.3 Å². The Morgan fingerprint density at radius 1 is 0.845 bits per heavy atom. The van der Waals surface area contributed by atoms with Gasteiger partial charge in [0.2, 0.25) is 23.5 Å². The van der Waals surface area contributed by atoms with Gasteiger partial charge in [-0.1, -0.05) is 24.3 Å². The lowest BCUT2D eigenvalue weighted by molar-refractivity contribution is -0.135. The number of likely N-dealkylation sites (N-methyl/N-ethyl adjacent to an activating group) is 1. The molecule has 4 aromatic rings. The number of rotatable bonds is 17. The average molecular weight is 798 g/mol. The van der Waals surface area contributed by atoms with Gasteiger partial charge in [-0.3, -0.25) is 9.59 Å². The van der Waals surface area contributed by atoms with Crippen molar-refractivity contribution in [3.63, 3.8) is 0 Å². The number of anilines is 3. The van der Waals surface area contributed by atoms with Gasteiger partial charge in [-0.05, 0) is 62.6 Å². The molecule has 2 aliphatic heterocycles. The number of morpholine rings is 1. The number of piperazine rings is 1. The maximum Gasteiger partial charge on any atom is 0.262 e. The highest BCUT2D eigenvalue weighted by Gasteiger charge is 2.23. The van der Waals surface area contributed by atoms with Crippen molar-refractivity contribution < 1.29 is 38.0 Å². The minimum Gasteiger partial charge on any atom is -0.493 e. The second-order valence-electron chi connectivity index (χ2n) is 14.4. The first-order chi connectivity index (χ1) is 28.1. The molecule has 0 aliphatic carbocycles. The third-order valence-corrected chi connectivity index (χ3v) is 10.3. The number of methoxy groups -OCH3 is 3. The van der Waals surface area contributed by atoms with Gasteiger partial charge in [-0.25, -0.2) is 4.98 Å². The van der Waals surface area contributed by atoms with Crippen LogP contribution in [-0.4, -0.2) is 130 Å². The molecule has 2 N–H and O–H groups in total. The van der Waals surface area contributed by atoms with Crippen LogP contribution >= 0.6 is 0 Å². The normalized spacial score (nSPS) is 14.8. The smallest absolute Gasteiger partial charge is 0.262 e. The number of aryl methyl sites for hydroxylation is 3. The summed E-state index contributed by atoms with van der Waals surface area (Å²) in [5.74, 6) is 1.96. The second-order valence-corrected chi connectivity index (χ2v) is 14.4. The van der Waals surface area contributed by atoms with Gasteiger partial charge in [0, 0.05) is 81.9 Å². The lowest BCUT2D eigenvalue weighted by atomic mass is 10.1. The predicted octanol–water partition coefficient (Wildman–Crippen LogP) is 5.72. The number of hydrogen-bond donors (Lipinski definition) is 2. The van der Waals surface area contributed by atoms with Gasteiger partial charge in [0.1, 0.15) is 5.56 Å². The highest BCUT2D eigenvalue weighted by atomic mass is 16.5. The van der Waals surface area contributed by atoms with E-state index in [1.54, 1.807) is 32.4 Å². The molecule has 15 nitrogen and oxygen atoms in total. The summed E-state index contributed by atoms with van der Waals surface area (Å²) in [5.41, 5.74) is 4.08. The summed E-state index contributed by atoms with van der Waals surface area (Å²) < 4.78 is 35.1. The van der Waals surface area contributed by atoms with Crippen LogP contribution in [0.2, 0.25) is 0 Å². The zero-order chi connectivity index (χ0) is 41.0. The molecule has 0 atom stereocenters. The molecule has 3 heterocycles. The van der Waals surface area contributed by atoms with Crippen molar-refractivity contribution in [2.24, 2.45) is 0 Å². The summed E-state index contributed by atoms with van der Waals surface area (Å²) in [6, 6.07) is 14.8. The van der Waals surface area contributed by atoms with Gasteiger partial charge in [0.25, 0.3) is 5.91 Å². The minimum absolute atomic E-state index is 0.00404. The maximum absolute atomic E-state index is 13.9. The van der Waals surface area contributed by atoms with Crippen LogP contribution in [0.3, 0.4) is 0 Å². The summed E-state index contributed by atoms with van der Waals surface area (Å²) in [6.07, 6.45) is 3.14. The molecule has 0 radical (unpaired) electrons. The Balaban J connectivity index is 1.24. The predicted molar refractivity (Wildman–Crippen MR) is 222 cm³/mol. The fourth-order valence-corrected chi connectivity index (χ4v) is 6.91. The SMILES string of the molecule is COc1cc(CCC(=O)N2CCOCC2)ccc1Oc1nc(Nc2cc(OC)c(OC)c(OCCCN3CCN(C)CC3)c2)ncc1C(=O)Nc1c(C)cccc1C. The van der Waals surface area contributed by atoms with E-state index in [-0.39, 0.29) is 23.3 Å². The monoisotopic (exact) mass is 797 g/mol. The molecule has 15 heteroatoms. The molecule has 2 fully saturated rings. The van der Waals surface area contributed by atoms with E-state index >= 15 is 0 Å². The lowest BCUT2D eigenvalue weighted by Crippen LogP contribution is -2.44. The number of para-hydroxylation sites is 1. The van der Waals surface area contributed by atoms with E-state index < -0.39 is 5.91 Å². The third-order valence-electron chi connectivity index (χ3n) is 10.3. The molecule has 0 saturated carbocycles. The Labute approximate surface area is 340 Å². The molecule has 1 aromatic heterocycles. The van der Waals surface area contributed by atoms with E-state index in [4.69, 9.17) is 33.4 Å². The van der Waals surface area contributed by atoms with Gasteiger partial charge in [0.05, 0.1) is 41.2 Å². The fourth-order valence-electron chi connectivity index (χ4n) is 6.91. The van der Waals surface area contributed by atoms with Crippen LogP contribution < -0.4 is 34.3 Å². The van der Waals surface area contributed by atoms with Crippen LogP contribution in [-0.2, 0) is 16.0 Å². The van der Waals surface area contributed by atoms with Gasteiger partial charge < -0.3 is 53.8 Å². The molecule has 310 valence electrons. The van der Waals surface area contributed by atoms with Crippen LogP contribution in [0.4, 0.5) is 17.3 Å². The Hall–Kier alpha value is -5.64. The van der Waals surface area contributed by atoms with Crippen molar-refractivity contribution in [1.82, 2.24) is 24.7 Å². The summed E-state index contributed by atoms with van der Waals surface area (Å²) in [7, 11) is 6.82. The van der Waals surface area contributed by atoms with E-state index in [0.717, 1.165) is 55.8 Å².